The molecule has 1 aliphatic rings. The maximum absolute atomic E-state index is 10.6. The standard InChI is InChI=1S/C17H27NO3/c1-12-6-8-17(20,9-7-12)11-18-13(2)15-10-14(21-3)4-5-16(15)19/h4-5,10,12-13,18-20H,6-9,11H2,1-3H3. The lowest BCUT2D eigenvalue weighted by atomic mass is 9.79. The third-order valence-electron chi connectivity index (χ3n) is 4.64. The number of phenolic OH excluding ortho intramolecular Hbond substituents is 1. The molecule has 1 atom stereocenters. The second-order valence-corrected chi connectivity index (χ2v) is 6.43. The van der Waals surface area contributed by atoms with Gasteiger partial charge in [-0.2, -0.15) is 0 Å². The third-order valence-corrected chi connectivity index (χ3v) is 4.64. The summed E-state index contributed by atoms with van der Waals surface area (Å²) in [6.07, 6.45) is 3.85. The molecule has 0 bridgehead atoms. The van der Waals surface area contributed by atoms with E-state index in [9.17, 15) is 10.2 Å². The lowest BCUT2D eigenvalue weighted by molar-refractivity contribution is -0.00788. The molecule has 4 nitrogen and oxygen atoms in total. The molecule has 0 amide bonds. The number of phenols is 1. The van der Waals surface area contributed by atoms with Crippen molar-refractivity contribution >= 4 is 0 Å². The molecule has 21 heavy (non-hydrogen) atoms. The van der Waals surface area contributed by atoms with Gasteiger partial charge in [0.25, 0.3) is 0 Å². The van der Waals surface area contributed by atoms with Crippen molar-refractivity contribution in [3.63, 3.8) is 0 Å². The molecule has 3 N–H and O–H groups in total. The van der Waals surface area contributed by atoms with Gasteiger partial charge in [0.2, 0.25) is 0 Å². The van der Waals surface area contributed by atoms with Crippen LogP contribution in [0.2, 0.25) is 0 Å². The summed E-state index contributed by atoms with van der Waals surface area (Å²) in [4.78, 5) is 0. The molecule has 4 heteroatoms. The summed E-state index contributed by atoms with van der Waals surface area (Å²) in [5.41, 5.74) is 0.178. The molecular weight excluding hydrogens is 266 g/mol. The highest BCUT2D eigenvalue weighted by Gasteiger charge is 2.32. The number of hydrogen-bond donors (Lipinski definition) is 3. The minimum absolute atomic E-state index is 0.0384. The second kappa shape index (κ2) is 6.67. The minimum Gasteiger partial charge on any atom is -0.508 e. The summed E-state index contributed by atoms with van der Waals surface area (Å²) in [5, 5.41) is 23.9. The van der Waals surface area contributed by atoms with Gasteiger partial charge in [0.05, 0.1) is 12.7 Å². The number of hydrogen-bond acceptors (Lipinski definition) is 4. The molecule has 0 radical (unpaired) electrons. The molecule has 1 aliphatic carbocycles. The summed E-state index contributed by atoms with van der Waals surface area (Å²) >= 11 is 0. The van der Waals surface area contributed by atoms with Gasteiger partial charge < -0.3 is 20.3 Å². The average molecular weight is 293 g/mol. The number of aliphatic hydroxyl groups is 1. The van der Waals surface area contributed by atoms with E-state index in [-0.39, 0.29) is 11.8 Å². The summed E-state index contributed by atoms with van der Waals surface area (Å²) in [7, 11) is 1.61. The van der Waals surface area contributed by atoms with Gasteiger partial charge in [-0.05, 0) is 56.7 Å². The summed E-state index contributed by atoms with van der Waals surface area (Å²) in [6.45, 7) is 4.78. The van der Waals surface area contributed by atoms with Crippen LogP contribution < -0.4 is 10.1 Å². The Morgan fingerprint density at radius 2 is 2.05 bits per heavy atom. The van der Waals surface area contributed by atoms with Gasteiger partial charge >= 0.3 is 0 Å². The zero-order valence-electron chi connectivity index (χ0n) is 13.2. The fourth-order valence-corrected chi connectivity index (χ4v) is 2.94. The van der Waals surface area contributed by atoms with Crippen LogP contribution >= 0.6 is 0 Å². The highest BCUT2D eigenvalue weighted by molar-refractivity contribution is 5.41. The van der Waals surface area contributed by atoms with Crippen LogP contribution in [0.15, 0.2) is 18.2 Å². The van der Waals surface area contributed by atoms with Gasteiger partial charge in [-0.1, -0.05) is 6.92 Å². The molecule has 0 aliphatic heterocycles. The number of ether oxygens (including phenoxy) is 1. The first kappa shape index (κ1) is 16.1. The van der Waals surface area contributed by atoms with Crippen molar-refractivity contribution in [3.8, 4) is 11.5 Å². The first-order chi connectivity index (χ1) is 9.93. The largest absolute Gasteiger partial charge is 0.508 e. The molecular formula is C17H27NO3. The van der Waals surface area contributed by atoms with Crippen molar-refractivity contribution in [1.82, 2.24) is 5.32 Å². The molecule has 0 heterocycles. The number of aromatic hydroxyl groups is 1. The topological polar surface area (TPSA) is 61.7 Å². The van der Waals surface area contributed by atoms with E-state index in [1.165, 1.54) is 0 Å². The Kier molecular flexibility index (Phi) is 5.12. The SMILES string of the molecule is COc1ccc(O)c(C(C)NCC2(O)CCC(C)CC2)c1. The Balaban J connectivity index is 1.97. The van der Waals surface area contributed by atoms with E-state index in [2.05, 4.69) is 12.2 Å². The zero-order valence-corrected chi connectivity index (χ0v) is 13.2. The highest BCUT2D eigenvalue weighted by Crippen LogP contribution is 2.33. The first-order valence-corrected chi connectivity index (χ1v) is 7.76. The van der Waals surface area contributed by atoms with Gasteiger partial charge in [0.15, 0.2) is 0 Å². The minimum atomic E-state index is -0.616. The molecule has 118 valence electrons. The second-order valence-electron chi connectivity index (χ2n) is 6.43. The lowest BCUT2D eigenvalue weighted by Crippen LogP contribution is -2.44. The Morgan fingerprint density at radius 1 is 1.38 bits per heavy atom. The molecule has 1 saturated carbocycles. The van der Waals surface area contributed by atoms with Gasteiger partial charge in [-0.3, -0.25) is 0 Å². The van der Waals surface area contributed by atoms with Crippen LogP contribution in [0.4, 0.5) is 0 Å². The van der Waals surface area contributed by atoms with Gasteiger partial charge in [-0.15, -0.1) is 0 Å². The fourth-order valence-electron chi connectivity index (χ4n) is 2.94. The summed E-state index contributed by atoms with van der Waals surface area (Å²) in [6, 6.07) is 5.17. The highest BCUT2D eigenvalue weighted by atomic mass is 16.5. The maximum Gasteiger partial charge on any atom is 0.120 e. The maximum atomic E-state index is 10.6. The Morgan fingerprint density at radius 3 is 2.67 bits per heavy atom. The van der Waals surface area contributed by atoms with Crippen molar-refractivity contribution < 1.29 is 14.9 Å². The quantitative estimate of drug-likeness (QED) is 0.781. The van der Waals surface area contributed by atoms with Crippen molar-refractivity contribution in [2.75, 3.05) is 13.7 Å². The lowest BCUT2D eigenvalue weighted by Gasteiger charge is -2.36. The molecule has 1 fully saturated rings. The van der Waals surface area contributed by atoms with Gasteiger partial charge in [0, 0.05) is 18.2 Å². The molecule has 1 aromatic rings. The Labute approximate surface area is 127 Å². The first-order valence-electron chi connectivity index (χ1n) is 7.76. The van der Waals surface area contributed by atoms with Crippen LogP contribution in [-0.2, 0) is 0 Å². The molecule has 0 spiro atoms. The smallest absolute Gasteiger partial charge is 0.120 e. The van der Waals surface area contributed by atoms with Crippen molar-refractivity contribution in [1.29, 1.82) is 0 Å². The van der Waals surface area contributed by atoms with E-state index in [0.29, 0.717) is 12.5 Å². The Hall–Kier alpha value is -1.26. The Bertz CT molecular complexity index is 467. The predicted molar refractivity (Wildman–Crippen MR) is 83.7 cm³/mol. The molecule has 0 saturated heterocycles. The molecule has 2 rings (SSSR count). The number of rotatable bonds is 5. The van der Waals surface area contributed by atoms with Gasteiger partial charge in [0.1, 0.15) is 11.5 Å². The summed E-state index contributed by atoms with van der Waals surface area (Å²) in [5.74, 6) is 1.69. The zero-order chi connectivity index (χ0) is 15.5. The van der Waals surface area contributed by atoms with E-state index in [1.54, 1.807) is 19.2 Å². The van der Waals surface area contributed by atoms with Crippen LogP contribution in [0.3, 0.4) is 0 Å². The van der Waals surface area contributed by atoms with Crippen LogP contribution in [0.25, 0.3) is 0 Å². The number of benzene rings is 1. The van der Waals surface area contributed by atoms with Crippen LogP contribution in [0, 0.1) is 5.92 Å². The van der Waals surface area contributed by atoms with Crippen LogP contribution in [0.1, 0.15) is 51.1 Å². The molecule has 1 aromatic carbocycles. The van der Waals surface area contributed by atoms with Crippen LogP contribution in [-0.4, -0.2) is 29.5 Å². The normalized spacial score (nSPS) is 27.3. The summed E-state index contributed by atoms with van der Waals surface area (Å²) < 4.78 is 5.20. The van der Waals surface area contributed by atoms with E-state index >= 15 is 0 Å². The van der Waals surface area contributed by atoms with E-state index < -0.39 is 5.60 Å². The van der Waals surface area contributed by atoms with Crippen molar-refractivity contribution in [3.05, 3.63) is 23.8 Å². The predicted octanol–water partition coefficient (Wildman–Crippen LogP) is 2.99. The van der Waals surface area contributed by atoms with E-state index in [0.717, 1.165) is 37.0 Å². The monoisotopic (exact) mass is 293 g/mol. The average Bonchev–Trinajstić information content (AvgIpc) is 2.49. The van der Waals surface area contributed by atoms with E-state index in [4.69, 9.17) is 4.74 Å². The number of nitrogens with one attached hydrogen (secondary N) is 1. The molecule has 1 unspecified atom stereocenters. The van der Waals surface area contributed by atoms with E-state index in [1.807, 2.05) is 13.0 Å². The van der Waals surface area contributed by atoms with Crippen molar-refractivity contribution in [2.45, 2.75) is 51.2 Å². The third kappa shape index (κ3) is 4.11. The fraction of sp³-hybridized carbons (Fsp3) is 0.647. The van der Waals surface area contributed by atoms with Crippen LogP contribution in [0.5, 0.6) is 11.5 Å². The van der Waals surface area contributed by atoms with Crippen molar-refractivity contribution in [2.24, 2.45) is 5.92 Å². The molecule has 0 aromatic heterocycles. The van der Waals surface area contributed by atoms with Gasteiger partial charge in [-0.25, -0.2) is 0 Å². The number of methoxy groups -OCH3 is 1.